The van der Waals surface area contributed by atoms with Crippen molar-refractivity contribution in [1.82, 2.24) is 5.32 Å². The fourth-order valence-electron chi connectivity index (χ4n) is 1.06. The van der Waals surface area contributed by atoms with Crippen molar-refractivity contribution in [2.75, 3.05) is 6.54 Å². The Balaban J connectivity index is 4.58. The number of halogens is 3. The highest BCUT2D eigenvalue weighted by Gasteiger charge is 2.54. The van der Waals surface area contributed by atoms with E-state index >= 15 is 0 Å². The van der Waals surface area contributed by atoms with Gasteiger partial charge in [0, 0.05) is 6.54 Å². The summed E-state index contributed by atoms with van der Waals surface area (Å²) in [5, 5.41) is 11.8. The van der Waals surface area contributed by atoms with Crippen LogP contribution in [0.25, 0.3) is 0 Å². The first-order valence-corrected chi connectivity index (χ1v) is 5.36. The Morgan fingerprint density at radius 1 is 1.29 bits per heavy atom. The minimum absolute atomic E-state index is 0.248. The molecule has 0 aliphatic rings. The summed E-state index contributed by atoms with van der Waals surface area (Å²) in [6.07, 6.45) is -4.16. The monoisotopic (exact) mass is 256 g/mol. The normalized spacial score (nSPS) is 16.5. The van der Waals surface area contributed by atoms with E-state index in [1.807, 2.05) is 5.32 Å². The number of aliphatic hydroxyl groups is 1. The molecule has 0 aliphatic heterocycles. The summed E-state index contributed by atoms with van der Waals surface area (Å²) in [5.74, 6) is -1.34. The second-order valence-electron chi connectivity index (χ2n) is 4.31. The van der Waals surface area contributed by atoms with Crippen molar-refractivity contribution in [2.45, 2.75) is 50.9 Å². The van der Waals surface area contributed by atoms with Crippen molar-refractivity contribution in [3.05, 3.63) is 0 Å². The molecule has 0 saturated carbocycles. The zero-order valence-corrected chi connectivity index (χ0v) is 10.2. The summed E-state index contributed by atoms with van der Waals surface area (Å²) in [5.41, 5.74) is 0.785. The number of rotatable bonds is 5. The summed E-state index contributed by atoms with van der Waals surface area (Å²) in [7, 11) is 0. The molecule has 1 unspecified atom stereocenters. The van der Waals surface area contributed by atoms with Gasteiger partial charge in [-0.3, -0.25) is 4.79 Å². The van der Waals surface area contributed by atoms with Crippen LogP contribution in [-0.2, 0) is 4.79 Å². The lowest BCUT2D eigenvalue weighted by molar-refractivity contribution is -0.188. The standard InChI is InChI=1S/C10H19F3N2O2/c1-4-9(17,5-2)6-15-7(16)8(3,14)10(11,12)13/h17H,4-6,14H2,1-3H3,(H,15,16). The minimum Gasteiger partial charge on any atom is -0.388 e. The van der Waals surface area contributed by atoms with Gasteiger partial charge in [0.1, 0.15) is 0 Å². The predicted octanol–water partition coefficient (Wildman–Crippen LogP) is 0.933. The molecule has 0 fully saturated rings. The molecule has 0 aromatic carbocycles. The molecule has 0 saturated heterocycles. The maximum atomic E-state index is 12.4. The second kappa shape index (κ2) is 5.22. The molecule has 0 aliphatic carbocycles. The third-order valence-electron chi connectivity index (χ3n) is 2.95. The Morgan fingerprint density at radius 2 is 1.71 bits per heavy atom. The summed E-state index contributed by atoms with van der Waals surface area (Å²) in [6.45, 7) is 3.71. The fourth-order valence-corrected chi connectivity index (χ4v) is 1.06. The van der Waals surface area contributed by atoms with Crippen LogP contribution in [0.2, 0.25) is 0 Å². The Labute approximate surface area is 98.4 Å². The van der Waals surface area contributed by atoms with Crippen LogP contribution in [0.3, 0.4) is 0 Å². The Kier molecular flexibility index (Phi) is 4.97. The molecule has 4 N–H and O–H groups in total. The summed E-state index contributed by atoms with van der Waals surface area (Å²) in [4.78, 5) is 11.3. The van der Waals surface area contributed by atoms with Crippen LogP contribution >= 0.6 is 0 Å². The van der Waals surface area contributed by atoms with Crippen LogP contribution in [0.4, 0.5) is 13.2 Å². The van der Waals surface area contributed by atoms with Gasteiger partial charge in [0.25, 0.3) is 0 Å². The van der Waals surface area contributed by atoms with Gasteiger partial charge in [-0.15, -0.1) is 0 Å². The van der Waals surface area contributed by atoms with Crippen molar-refractivity contribution >= 4 is 5.91 Å². The van der Waals surface area contributed by atoms with E-state index in [2.05, 4.69) is 0 Å². The van der Waals surface area contributed by atoms with Gasteiger partial charge in [0.15, 0.2) is 5.54 Å². The molecule has 17 heavy (non-hydrogen) atoms. The van der Waals surface area contributed by atoms with Crippen LogP contribution in [0.15, 0.2) is 0 Å². The molecule has 0 rings (SSSR count). The van der Waals surface area contributed by atoms with Crippen molar-refractivity contribution < 1.29 is 23.1 Å². The summed E-state index contributed by atoms with van der Waals surface area (Å²) >= 11 is 0. The Hall–Kier alpha value is -0.820. The molecule has 0 radical (unpaired) electrons. The van der Waals surface area contributed by atoms with Gasteiger partial charge in [-0.1, -0.05) is 13.8 Å². The number of hydrogen-bond acceptors (Lipinski definition) is 3. The van der Waals surface area contributed by atoms with Crippen molar-refractivity contribution in [1.29, 1.82) is 0 Å². The van der Waals surface area contributed by atoms with Gasteiger partial charge in [-0.25, -0.2) is 0 Å². The summed E-state index contributed by atoms with van der Waals surface area (Å²) in [6, 6.07) is 0. The van der Waals surface area contributed by atoms with Gasteiger partial charge in [0.05, 0.1) is 5.60 Å². The molecule has 0 aromatic heterocycles. The molecule has 1 atom stereocenters. The fraction of sp³-hybridized carbons (Fsp3) is 0.900. The number of carbonyl (C=O) groups is 1. The number of alkyl halides is 3. The Bertz CT molecular complexity index is 273. The maximum Gasteiger partial charge on any atom is 0.415 e. The van der Waals surface area contributed by atoms with Gasteiger partial charge < -0.3 is 16.2 Å². The average Bonchev–Trinajstić information content (AvgIpc) is 2.23. The van der Waals surface area contributed by atoms with Crippen LogP contribution in [0, 0.1) is 0 Å². The highest BCUT2D eigenvalue weighted by molar-refractivity contribution is 5.86. The smallest absolute Gasteiger partial charge is 0.388 e. The van der Waals surface area contributed by atoms with E-state index in [1.54, 1.807) is 13.8 Å². The lowest BCUT2D eigenvalue weighted by Gasteiger charge is -2.30. The maximum absolute atomic E-state index is 12.4. The lowest BCUT2D eigenvalue weighted by Crippen LogP contribution is -2.62. The number of nitrogens with two attached hydrogens (primary N) is 1. The molecule has 102 valence electrons. The van der Waals surface area contributed by atoms with Crippen LogP contribution < -0.4 is 11.1 Å². The van der Waals surface area contributed by atoms with Crippen LogP contribution in [0.5, 0.6) is 0 Å². The van der Waals surface area contributed by atoms with E-state index in [4.69, 9.17) is 5.73 Å². The molecule has 0 aromatic rings. The third-order valence-corrected chi connectivity index (χ3v) is 2.95. The lowest BCUT2D eigenvalue weighted by atomic mass is 9.96. The predicted molar refractivity (Wildman–Crippen MR) is 57.2 cm³/mol. The van der Waals surface area contributed by atoms with E-state index in [-0.39, 0.29) is 6.54 Å². The van der Waals surface area contributed by atoms with Crippen LogP contribution in [-0.4, -0.2) is 34.9 Å². The molecular weight excluding hydrogens is 237 g/mol. The number of carbonyl (C=O) groups excluding carboxylic acids is 1. The summed E-state index contributed by atoms with van der Waals surface area (Å²) < 4.78 is 37.3. The van der Waals surface area contributed by atoms with Crippen LogP contribution in [0.1, 0.15) is 33.6 Å². The molecule has 4 nitrogen and oxygen atoms in total. The van der Waals surface area contributed by atoms with Gasteiger partial charge >= 0.3 is 6.18 Å². The van der Waals surface area contributed by atoms with E-state index in [0.717, 1.165) is 0 Å². The van der Waals surface area contributed by atoms with Gasteiger partial charge in [-0.05, 0) is 19.8 Å². The topological polar surface area (TPSA) is 75.3 Å². The van der Waals surface area contributed by atoms with Gasteiger partial charge in [-0.2, -0.15) is 13.2 Å². The van der Waals surface area contributed by atoms with E-state index in [0.29, 0.717) is 19.8 Å². The van der Waals surface area contributed by atoms with Gasteiger partial charge in [0.2, 0.25) is 5.91 Å². The largest absolute Gasteiger partial charge is 0.415 e. The first-order chi connectivity index (χ1) is 7.50. The SMILES string of the molecule is CCC(O)(CC)CNC(=O)C(C)(N)C(F)(F)F. The van der Waals surface area contributed by atoms with Crippen molar-refractivity contribution in [3.8, 4) is 0 Å². The second-order valence-corrected chi connectivity index (χ2v) is 4.31. The molecule has 1 amide bonds. The minimum atomic E-state index is -4.83. The first-order valence-electron chi connectivity index (χ1n) is 5.36. The quantitative estimate of drug-likeness (QED) is 0.685. The van der Waals surface area contributed by atoms with E-state index < -0.39 is 23.2 Å². The third kappa shape index (κ3) is 3.85. The number of amides is 1. The van der Waals surface area contributed by atoms with E-state index in [1.165, 1.54) is 0 Å². The highest BCUT2D eigenvalue weighted by Crippen LogP contribution is 2.28. The highest BCUT2D eigenvalue weighted by atomic mass is 19.4. The van der Waals surface area contributed by atoms with Crippen molar-refractivity contribution in [3.63, 3.8) is 0 Å². The molecule has 0 bridgehead atoms. The van der Waals surface area contributed by atoms with E-state index in [9.17, 15) is 23.1 Å². The molecule has 0 spiro atoms. The number of nitrogens with one attached hydrogen (secondary N) is 1. The van der Waals surface area contributed by atoms with Crippen molar-refractivity contribution in [2.24, 2.45) is 5.73 Å². The zero-order chi connectivity index (χ0) is 13.9. The first kappa shape index (κ1) is 16.2. The Morgan fingerprint density at radius 3 is 2.00 bits per heavy atom. The molecular formula is C10H19F3N2O2. The molecule has 0 heterocycles. The zero-order valence-electron chi connectivity index (χ0n) is 10.2. The number of hydrogen-bond donors (Lipinski definition) is 3. The average molecular weight is 256 g/mol. The molecule has 7 heteroatoms.